The third kappa shape index (κ3) is 4.32. The molecule has 144 valence electrons. The van der Waals surface area contributed by atoms with Gasteiger partial charge in [0, 0.05) is 19.0 Å². The summed E-state index contributed by atoms with van der Waals surface area (Å²) in [6, 6.07) is 11.3. The molecule has 1 amide bonds. The van der Waals surface area contributed by atoms with E-state index in [1.807, 2.05) is 6.92 Å². The molecule has 0 aliphatic rings. The average molecular weight is 381 g/mol. The molecule has 0 saturated heterocycles. The minimum Gasteiger partial charge on any atom is -0.296 e. The molecule has 6 nitrogen and oxygen atoms in total. The van der Waals surface area contributed by atoms with E-state index in [0.717, 1.165) is 5.56 Å². The average Bonchev–Trinajstić information content (AvgIpc) is 2.72. The van der Waals surface area contributed by atoms with Gasteiger partial charge >= 0.3 is 0 Å². The van der Waals surface area contributed by atoms with Crippen molar-refractivity contribution in [1.82, 2.24) is 15.0 Å². The number of hydrogen-bond acceptors (Lipinski definition) is 4. The number of amides is 1. The number of carbonyl (C=O) groups excluding carboxylic acids is 1. The summed E-state index contributed by atoms with van der Waals surface area (Å²) in [5, 5.41) is 9.03. The minimum absolute atomic E-state index is 0.132. The Kier molecular flexibility index (Phi) is 5.96. The second-order valence-electron chi connectivity index (χ2n) is 6.30. The lowest BCUT2D eigenvalue weighted by Crippen LogP contribution is -2.26. The molecule has 0 saturated carbocycles. The lowest BCUT2D eigenvalue weighted by atomic mass is 10.1. The third-order valence-electron chi connectivity index (χ3n) is 4.45. The lowest BCUT2D eigenvalue weighted by Gasteiger charge is -2.13. The van der Waals surface area contributed by atoms with Gasteiger partial charge in [0.25, 0.3) is 11.5 Å². The summed E-state index contributed by atoms with van der Waals surface area (Å²) >= 11 is 0. The second-order valence-corrected chi connectivity index (χ2v) is 6.30. The third-order valence-corrected chi connectivity index (χ3v) is 4.45. The molecule has 0 unspecified atom stereocenters. The Morgan fingerprint density at radius 1 is 1.25 bits per heavy atom. The van der Waals surface area contributed by atoms with Gasteiger partial charge in [-0.15, -0.1) is 0 Å². The van der Waals surface area contributed by atoms with Crippen molar-refractivity contribution in [3.8, 4) is 0 Å². The Hall–Kier alpha value is -3.32. The van der Waals surface area contributed by atoms with Crippen molar-refractivity contribution >= 4 is 22.9 Å². The van der Waals surface area contributed by atoms with Gasteiger partial charge in [-0.3, -0.25) is 19.4 Å². The molecule has 0 bridgehead atoms. The molecule has 28 heavy (non-hydrogen) atoms. The molecule has 0 fully saturated rings. The van der Waals surface area contributed by atoms with Crippen LogP contribution in [-0.4, -0.2) is 20.7 Å². The van der Waals surface area contributed by atoms with Crippen LogP contribution in [0.4, 0.5) is 4.39 Å². The van der Waals surface area contributed by atoms with Crippen molar-refractivity contribution < 1.29 is 14.4 Å². The highest BCUT2D eigenvalue weighted by Crippen LogP contribution is 2.14. The molecule has 0 atom stereocenters. The Labute approximate surface area is 160 Å². The van der Waals surface area contributed by atoms with E-state index in [-0.39, 0.29) is 11.4 Å². The summed E-state index contributed by atoms with van der Waals surface area (Å²) in [6.45, 7) is 2.38. The summed E-state index contributed by atoms with van der Waals surface area (Å²) in [5.74, 6) is -0.267. The van der Waals surface area contributed by atoms with E-state index in [0.29, 0.717) is 41.7 Å². The van der Waals surface area contributed by atoms with Crippen LogP contribution in [0.15, 0.2) is 53.3 Å². The number of carbonyl (C=O) groups is 1. The van der Waals surface area contributed by atoms with Gasteiger partial charge in [-0.25, -0.2) is 14.9 Å². The van der Waals surface area contributed by atoms with Crippen LogP contribution in [0.5, 0.6) is 0 Å². The van der Waals surface area contributed by atoms with Crippen LogP contribution in [0.3, 0.4) is 0 Å². The van der Waals surface area contributed by atoms with Crippen LogP contribution < -0.4 is 11.0 Å². The summed E-state index contributed by atoms with van der Waals surface area (Å²) in [7, 11) is 0. The number of hydroxylamine groups is 1. The normalized spacial score (nSPS) is 11.2. The Bertz CT molecular complexity index is 1090. The van der Waals surface area contributed by atoms with E-state index in [9.17, 15) is 14.0 Å². The van der Waals surface area contributed by atoms with Crippen molar-refractivity contribution in [1.29, 1.82) is 0 Å². The first-order valence-corrected chi connectivity index (χ1v) is 8.92. The number of benzene rings is 2. The van der Waals surface area contributed by atoms with Crippen molar-refractivity contribution in [2.45, 2.75) is 26.3 Å². The largest absolute Gasteiger partial charge is 0.296 e. The number of fused-ring (bicyclic) bond motifs is 1. The summed E-state index contributed by atoms with van der Waals surface area (Å²) in [6.07, 6.45) is 3.89. The lowest BCUT2D eigenvalue weighted by molar-refractivity contribution is -0.124. The fraction of sp³-hybridized carbons (Fsp3) is 0.190. The van der Waals surface area contributed by atoms with Crippen LogP contribution in [0, 0.1) is 5.82 Å². The molecule has 0 aliphatic carbocycles. The number of aryl methyl sites for hydroxylation is 2. The van der Waals surface area contributed by atoms with Gasteiger partial charge in [0.1, 0.15) is 11.6 Å². The first-order chi connectivity index (χ1) is 13.5. The molecule has 0 radical (unpaired) electrons. The molecule has 0 aliphatic heterocycles. The topological polar surface area (TPSA) is 84.2 Å². The maximum Gasteiger partial charge on any atom is 0.267 e. The molecule has 2 N–H and O–H groups in total. The number of hydrogen-bond donors (Lipinski definition) is 2. The number of aromatic nitrogens is 2. The summed E-state index contributed by atoms with van der Waals surface area (Å²) in [5.41, 5.74) is 3.57. The van der Waals surface area contributed by atoms with Crippen LogP contribution in [0.1, 0.15) is 23.9 Å². The smallest absolute Gasteiger partial charge is 0.267 e. The Morgan fingerprint density at radius 3 is 2.68 bits per heavy atom. The van der Waals surface area contributed by atoms with Crippen molar-refractivity contribution in [2.24, 2.45) is 0 Å². The zero-order valence-corrected chi connectivity index (χ0v) is 15.4. The molecule has 1 aromatic heterocycles. The van der Waals surface area contributed by atoms with E-state index < -0.39 is 5.91 Å². The first kappa shape index (κ1) is 19.4. The standard InChI is InChI=1S/C21H20FN3O3/c1-2-19-23-18-13-15(6-10-20(26)24-28)5-9-17(18)21(27)25(19)12-11-14-3-7-16(22)8-4-14/h3-10,13,28H,2,11-12H2,1H3,(H,24,26)/b10-6+. The SMILES string of the molecule is CCc1nc2cc(/C=C/C(=O)NO)ccc2c(=O)n1CCc1ccc(F)cc1. The van der Waals surface area contributed by atoms with Gasteiger partial charge in [0.05, 0.1) is 10.9 Å². The number of nitrogens with zero attached hydrogens (tertiary/aromatic N) is 2. The fourth-order valence-electron chi connectivity index (χ4n) is 2.99. The Balaban J connectivity index is 1.94. The van der Waals surface area contributed by atoms with Gasteiger partial charge < -0.3 is 0 Å². The highest BCUT2D eigenvalue weighted by molar-refractivity contribution is 5.91. The molecule has 3 aromatic rings. The van der Waals surface area contributed by atoms with Crippen LogP contribution in [-0.2, 0) is 24.2 Å². The summed E-state index contributed by atoms with van der Waals surface area (Å²) in [4.78, 5) is 28.7. The number of rotatable bonds is 6. The zero-order chi connectivity index (χ0) is 20.1. The van der Waals surface area contributed by atoms with Crippen LogP contribution in [0.25, 0.3) is 17.0 Å². The quantitative estimate of drug-likeness (QED) is 0.391. The molecule has 1 heterocycles. The van der Waals surface area contributed by atoms with Gasteiger partial charge in [-0.1, -0.05) is 25.1 Å². The number of nitrogens with one attached hydrogen (secondary N) is 1. The minimum atomic E-state index is -0.640. The predicted octanol–water partition coefficient (Wildman–Crippen LogP) is 2.86. The highest BCUT2D eigenvalue weighted by Gasteiger charge is 2.10. The molecule has 2 aromatic carbocycles. The molecule has 0 spiro atoms. The van der Waals surface area contributed by atoms with Gasteiger partial charge in [0.2, 0.25) is 0 Å². The Morgan fingerprint density at radius 2 is 2.00 bits per heavy atom. The summed E-state index contributed by atoms with van der Waals surface area (Å²) < 4.78 is 14.7. The van der Waals surface area contributed by atoms with E-state index in [1.165, 1.54) is 29.8 Å². The van der Waals surface area contributed by atoms with Gasteiger partial charge in [-0.05, 0) is 47.9 Å². The molecular weight excluding hydrogens is 361 g/mol. The van der Waals surface area contributed by atoms with Gasteiger partial charge in [0.15, 0.2) is 0 Å². The monoisotopic (exact) mass is 381 g/mol. The second kappa shape index (κ2) is 8.58. The van der Waals surface area contributed by atoms with E-state index >= 15 is 0 Å². The van der Waals surface area contributed by atoms with Crippen LogP contribution >= 0.6 is 0 Å². The highest BCUT2D eigenvalue weighted by atomic mass is 19.1. The van der Waals surface area contributed by atoms with Crippen LogP contribution in [0.2, 0.25) is 0 Å². The van der Waals surface area contributed by atoms with Crippen molar-refractivity contribution in [3.63, 3.8) is 0 Å². The van der Waals surface area contributed by atoms with Gasteiger partial charge in [-0.2, -0.15) is 0 Å². The molecule has 3 rings (SSSR count). The van der Waals surface area contributed by atoms with E-state index in [2.05, 4.69) is 4.98 Å². The fourth-order valence-corrected chi connectivity index (χ4v) is 2.99. The zero-order valence-electron chi connectivity index (χ0n) is 15.4. The van der Waals surface area contributed by atoms with E-state index in [1.54, 1.807) is 34.9 Å². The molecule has 7 heteroatoms. The molecular formula is C21H20FN3O3. The maximum atomic E-state index is 13.1. The van der Waals surface area contributed by atoms with E-state index in [4.69, 9.17) is 5.21 Å². The predicted molar refractivity (Wildman–Crippen MR) is 104 cm³/mol. The van der Waals surface area contributed by atoms with Crippen molar-refractivity contribution in [3.05, 3.63) is 81.7 Å². The number of halogens is 1. The first-order valence-electron chi connectivity index (χ1n) is 8.92. The maximum absolute atomic E-state index is 13.1. The van der Waals surface area contributed by atoms with Crippen molar-refractivity contribution in [2.75, 3.05) is 0 Å².